The first-order valence-electron chi connectivity index (χ1n) is 9.05. The van der Waals surface area contributed by atoms with E-state index in [0.717, 1.165) is 5.56 Å². The molecule has 2 aromatic heterocycles. The molecule has 0 radical (unpaired) electrons. The zero-order valence-electron chi connectivity index (χ0n) is 16.1. The quantitative estimate of drug-likeness (QED) is 0.387. The van der Waals surface area contributed by atoms with E-state index in [1.807, 2.05) is 6.92 Å². The van der Waals surface area contributed by atoms with Crippen LogP contribution < -0.4 is 21.1 Å². The molecule has 0 atom stereocenters. The second kappa shape index (κ2) is 8.38. The number of aryl methyl sites for hydroxylation is 1. The van der Waals surface area contributed by atoms with Crippen molar-refractivity contribution < 1.29 is 22.3 Å². The fraction of sp³-hybridized carbons (Fsp3) is 0.150. The normalized spacial score (nSPS) is 11.1. The minimum Gasteiger partial charge on any atom is -0.434 e. The highest BCUT2D eigenvalue weighted by molar-refractivity contribution is 5.78. The molecule has 31 heavy (non-hydrogen) atoms. The first-order chi connectivity index (χ1) is 14.9. The van der Waals surface area contributed by atoms with Crippen molar-refractivity contribution in [1.29, 1.82) is 0 Å². The third kappa shape index (κ3) is 4.60. The molecular weight excluding hydrogens is 415 g/mol. The Morgan fingerprint density at radius 3 is 2.71 bits per heavy atom. The molecule has 0 aliphatic rings. The number of fused-ring (bicyclic) bond motifs is 1. The van der Waals surface area contributed by atoms with E-state index in [2.05, 4.69) is 30.3 Å². The third-order valence-electron chi connectivity index (χ3n) is 4.33. The molecule has 4 aromatic rings. The number of hydrogen-bond acceptors (Lipinski definition) is 7. The molecular formula is C20H16F3N5O3. The first-order valence-corrected chi connectivity index (χ1v) is 9.05. The average molecular weight is 431 g/mol. The molecule has 8 nitrogen and oxygen atoms in total. The first kappa shape index (κ1) is 20.3. The van der Waals surface area contributed by atoms with Crippen LogP contribution in [0.15, 0.2) is 51.8 Å². The van der Waals surface area contributed by atoms with Crippen LogP contribution in [-0.4, -0.2) is 21.6 Å². The van der Waals surface area contributed by atoms with Gasteiger partial charge in [-0.15, -0.1) is 0 Å². The molecule has 0 aliphatic carbocycles. The van der Waals surface area contributed by atoms with Crippen molar-refractivity contribution in [3.63, 3.8) is 0 Å². The Hall–Kier alpha value is -4.02. The van der Waals surface area contributed by atoms with E-state index in [1.165, 1.54) is 18.2 Å². The second-order valence-corrected chi connectivity index (χ2v) is 6.54. The zero-order chi connectivity index (χ0) is 22.0. The van der Waals surface area contributed by atoms with Gasteiger partial charge in [0.1, 0.15) is 18.2 Å². The topological polar surface area (TPSA) is 105 Å². The number of anilines is 4. The van der Waals surface area contributed by atoms with E-state index in [4.69, 9.17) is 4.42 Å². The van der Waals surface area contributed by atoms with E-state index in [0.29, 0.717) is 28.3 Å². The van der Waals surface area contributed by atoms with Crippen LogP contribution in [-0.2, 0) is 6.67 Å². The van der Waals surface area contributed by atoms with Gasteiger partial charge in [-0.3, -0.25) is 4.98 Å². The van der Waals surface area contributed by atoms with Crippen LogP contribution in [0.4, 0.5) is 36.3 Å². The Bertz CT molecular complexity index is 1290. The molecule has 0 bridgehead atoms. The van der Waals surface area contributed by atoms with E-state index in [9.17, 15) is 18.0 Å². The summed E-state index contributed by atoms with van der Waals surface area (Å²) in [5.41, 5.74) is 2.74. The minimum absolute atomic E-state index is 0.0295. The third-order valence-corrected chi connectivity index (χ3v) is 4.33. The highest BCUT2D eigenvalue weighted by Crippen LogP contribution is 2.27. The molecule has 0 spiro atoms. The Morgan fingerprint density at radius 2 is 1.94 bits per heavy atom. The fourth-order valence-electron chi connectivity index (χ4n) is 2.90. The summed E-state index contributed by atoms with van der Waals surface area (Å²) in [4.78, 5) is 22.5. The number of halogens is 3. The number of nitrogens with zero attached hydrogens (tertiary/aromatic N) is 2. The van der Waals surface area contributed by atoms with E-state index in [1.54, 1.807) is 24.4 Å². The van der Waals surface area contributed by atoms with Gasteiger partial charge in [-0.2, -0.15) is 13.8 Å². The fourth-order valence-corrected chi connectivity index (χ4v) is 2.90. The standard InChI is InChI=1S/C20H16F3N5O3/c1-10-9-24-19(26-12-2-4-15(30-18(22)23)11(6-12)8-21)28-17(10)25-13-3-5-16-14(7-13)27-20(29)31-16/h2-7,9,18H,8H2,1H3,(H,27,29)(H2,24,25,26,28). The Morgan fingerprint density at radius 1 is 1.16 bits per heavy atom. The molecule has 0 fully saturated rings. The van der Waals surface area contributed by atoms with Gasteiger partial charge in [0, 0.05) is 28.7 Å². The molecule has 0 saturated heterocycles. The summed E-state index contributed by atoms with van der Waals surface area (Å²) >= 11 is 0. The lowest BCUT2D eigenvalue weighted by Gasteiger charge is -2.13. The summed E-state index contributed by atoms with van der Waals surface area (Å²) in [5.74, 6) is -0.0818. The SMILES string of the molecule is Cc1cnc(Nc2ccc(OC(F)F)c(CF)c2)nc1Nc1ccc2oc(=O)[nH]c2c1. The Kier molecular flexibility index (Phi) is 5.48. The number of benzene rings is 2. The number of ether oxygens (including phenoxy) is 1. The van der Waals surface area contributed by atoms with Crippen molar-refractivity contribution >= 4 is 34.2 Å². The summed E-state index contributed by atoms with van der Waals surface area (Å²) in [5, 5.41) is 6.05. The number of aromatic nitrogens is 3. The van der Waals surface area contributed by atoms with Crippen LogP contribution >= 0.6 is 0 Å². The van der Waals surface area contributed by atoms with Crippen molar-refractivity contribution in [3.05, 3.63) is 64.3 Å². The molecule has 3 N–H and O–H groups in total. The summed E-state index contributed by atoms with van der Waals surface area (Å²) < 4.78 is 47.3. The number of alkyl halides is 3. The highest BCUT2D eigenvalue weighted by atomic mass is 19.3. The molecule has 2 aromatic carbocycles. The largest absolute Gasteiger partial charge is 0.434 e. The van der Waals surface area contributed by atoms with E-state index in [-0.39, 0.29) is 17.3 Å². The zero-order valence-corrected chi connectivity index (χ0v) is 16.1. The number of hydrogen-bond donors (Lipinski definition) is 3. The van der Waals surface area contributed by atoms with E-state index < -0.39 is 19.0 Å². The predicted molar refractivity (Wildman–Crippen MR) is 108 cm³/mol. The maximum atomic E-state index is 13.2. The van der Waals surface area contributed by atoms with Gasteiger partial charge in [0.15, 0.2) is 5.58 Å². The molecule has 0 unspecified atom stereocenters. The number of nitrogens with one attached hydrogen (secondary N) is 3. The van der Waals surface area contributed by atoms with Gasteiger partial charge in [0.05, 0.1) is 5.52 Å². The highest BCUT2D eigenvalue weighted by Gasteiger charge is 2.12. The lowest BCUT2D eigenvalue weighted by molar-refractivity contribution is -0.0506. The van der Waals surface area contributed by atoms with Gasteiger partial charge in [0.25, 0.3) is 0 Å². The van der Waals surface area contributed by atoms with Gasteiger partial charge < -0.3 is 19.8 Å². The number of oxazole rings is 1. The van der Waals surface area contributed by atoms with Crippen LogP contribution in [0.5, 0.6) is 5.75 Å². The molecule has 160 valence electrons. The molecule has 4 rings (SSSR count). The maximum absolute atomic E-state index is 13.2. The summed E-state index contributed by atoms with van der Waals surface area (Å²) in [6, 6.07) is 9.12. The number of rotatable bonds is 7. The molecule has 0 aliphatic heterocycles. The van der Waals surface area contributed by atoms with Crippen LogP contribution in [0, 0.1) is 6.92 Å². The Labute approximate surface area is 173 Å². The van der Waals surface area contributed by atoms with Crippen molar-refractivity contribution in [2.45, 2.75) is 20.2 Å². The summed E-state index contributed by atoms with van der Waals surface area (Å²) in [7, 11) is 0. The van der Waals surface area contributed by atoms with Crippen molar-refractivity contribution in [3.8, 4) is 5.75 Å². The van der Waals surface area contributed by atoms with Gasteiger partial charge in [0.2, 0.25) is 5.95 Å². The van der Waals surface area contributed by atoms with E-state index >= 15 is 0 Å². The molecule has 2 heterocycles. The van der Waals surface area contributed by atoms with Crippen molar-refractivity contribution in [2.75, 3.05) is 10.6 Å². The summed E-state index contributed by atoms with van der Waals surface area (Å²) in [6.07, 6.45) is 1.58. The summed E-state index contributed by atoms with van der Waals surface area (Å²) in [6.45, 7) is -2.21. The Balaban J connectivity index is 1.56. The van der Waals surface area contributed by atoms with Crippen LogP contribution in [0.1, 0.15) is 11.1 Å². The minimum atomic E-state index is -3.04. The lowest BCUT2D eigenvalue weighted by atomic mass is 10.2. The number of H-pyrrole nitrogens is 1. The van der Waals surface area contributed by atoms with Gasteiger partial charge in [-0.1, -0.05) is 0 Å². The van der Waals surface area contributed by atoms with Crippen LogP contribution in [0.3, 0.4) is 0 Å². The molecule has 11 heteroatoms. The smallest absolute Gasteiger partial charge is 0.417 e. The number of aromatic amines is 1. The van der Waals surface area contributed by atoms with Crippen LogP contribution in [0.25, 0.3) is 11.1 Å². The average Bonchev–Trinajstić information content (AvgIpc) is 3.10. The molecule has 0 saturated carbocycles. The van der Waals surface area contributed by atoms with Crippen LogP contribution in [0.2, 0.25) is 0 Å². The van der Waals surface area contributed by atoms with Crippen molar-refractivity contribution in [1.82, 2.24) is 15.0 Å². The second-order valence-electron chi connectivity index (χ2n) is 6.54. The maximum Gasteiger partial charge on any atom is 0.417 e. The molecule has 0 amide bonds. The van der Waals surface area contributed by atoms with Gasteiger partial charge in [-0.25, -0.2) is 14.2 Å². The van der Waals surface area contributed by atoms with Gasteiger partial charge >= 0.3 is 12.4 Å². The van der Waals surface area contributed by atoms with Gasteiger partial charge in [-0.05, 0) is 43.3 Å². The predicted octanol–water partition coefficient (Wildman–Crippen LogP) is 4.78. The monoisotopic (exact) mass is 431 g/mol. The van der Waals surface area contributed by atoms with Crippen molar-refractivity contribution in [2.24, 2.45) is 0 Å². The lowest BCUT2D eigenvalue weighted by Crippen LogP contribution is -2.05.